The first-order valence-corrected chi connectivity index (χ1v) is 7.13. The first-order chi connectivity index (χ1) is 9.69. The lowest BCUT2D eigenvalue weighted by atomic mass is 9.98. The molecule has 2 rings (SSSR count). The number of nitro groups is 1. The van der Waals surface area contributed by atoms with Crippen molar-refractivity contribution in [1.82, 2.24) is 4.90 Å². The fourth-order valence-corrected chi connectivity index (χ4v) is 2.80. The molecule has 0 amide bonds. The maximum atomic E-state index is 10.6. The Kier molecular flexibility index (Phi) is 5.49. The van der Waals surface area contributed by atoms with Gasteiger partial charge in [0.25, 0.3) is 5.69 Å². The Morgan fingerprint density at radius 3 is 2.80 bits per heavy atom. The molecule has 0 bridgehead atoms. The highest BCUT2D eigenvalue weighted by Gasteiger charge is 2.19. The average Bonchev–Trinajstić information content (AvgIpc) is 2.46. The molecule has 1 aliphatic heterocycles. The second-order valence-electron chi connectivity index (χ2n) is 5.44. The topological polar surface area (TPSA) is 55.6 Å². The number of rotatable bonds is 6. The van der Waals surface area contributed by atoms with Gasteiger partial charge in [0.1, 0.15) is 0 Å². The highest BCUT2D eigenvalue weighted by Crippen LogP contribution is 2.18. The lowest BCUT2D eigenvalue weighted by molar-refractivity contribution is -0.384. The van der Waals surface area contributed by atoms with E-state index in [2.05, 4.69) is 4.90 Å². The van der Waals surface area contributed by atoms with E-state index >= 15 is 0 Å². The molecule has 0 aromatic heterocycles. The van der Waals surface area contributed by atoms with Crippen LogP contribution in [0.4, 0.5) is 5.69 Å². The molecular weight excluding hydrogens is 256 g/mol. The lowest BCUT2D eigenvalue weighted by Gasteiger charge is -2.32. The van der Waals surface area contributed by atoms with Crippen LogP contribution in [0.2, 0.25) is 0 Å². The monoisotopic (exact) mass is 278 g/mol. The molecule has 20 heavy (non-hydrogen) atoms. The molecule has 1 saturated heterocycles. The number of nitrogens with zero attached hydrogens (tertiary/aromatic N) is 2. The van der Waals surface area contributed by atoms with Gasteiger partial charge in [0.2, 0.25) is 0 Å². The third-order valence-electron chi connectivity index (χ3n) is 3.87. The molecule has 110 valence electrons. The molecule has 1 unspecified atom stereocenters. The van der Waals surface area contributed by atoms with E-state index in [0.29, 0.717) is 5.92 Å². The van der Waals surface area contributed by atoms with Gasteiger partial charge >= 0.3 is 0 Å². The van der Waals surface area contributed by atoms with Crippen LogP contribution in [0.3, 0.4) is 0 Å². The summed E-state index contributed by atoms with van der Waals surface area (Å²) in [5.41, 5.74) is 1.32. The summed E-state index contributed by atoms with van der Waals surface area (Å²) in [7, 11) is 1.76. The molecule has 1 aromatic rings. The highest BCUT2D eigenvalue weighted by molar-refractivity contribution is 5.32. The summed E-state index contributed by atoms with van der Waals surface area (Å²) in [6.07, 6.45) is 3.42. The van der Waals surface area contributed by atoms with Gasteiger partial charge in [-0.3, -0.25) is 10.1 Å². The van der Waals surface area contributed by atoms with Crippen LogP contribution >= 0.6 is 0 Å². The van der Waals surface area contributed by atoms with E-state index in [1.807, 2.05) is 12.1 Å². The quantitative estimate of drug-likeness (QED) is 0.592. The van der Waals surface area contributed by atoms with Crippen LogP contribution in [0.5, 0.6) is 0 Å². The first kappa shape index (κ1) is 14.9. The van der Waals surface area contributed by atoms with Crippen molar-refractivity contribution in [2.75, 3.05) is 33.4 Å². The number of likely N-dealkylation sites (tertiary alicyclic amines) is 1. The van der Waals surface area contributed by atoms with Gasteiger partial charge in [0.15, 0.2) is 0 Å². The predicted molar refractivity (Wildman–Crippen MR) is 77.8 cm³/mol. The zero-order valence-electron chi connectivity index (χ0n) is 12.0. The fraction of sp³-hybridized carbons (Fsp3) is 0.600. The fourth-order valence-electron chi connectivity index (χ4n) is 2.80. The largest absolute Gasteiger partial charge is 0.384 e. The summed E-state index contributed by atoms with van der Waals surface area (Å²) in [6.45, 7) is 4.10. The minimum Gasteiger partial charge on any atom is -0.384 e. The van der Waals surface area contributed by atoms with Crippen LogP contribution in [-0.4, -0.2) is 43.2 Å². The van der Waals surface area contributed by atoms with Gasteiger partial charge < -0.3 is 9.64 Å². The van der Waals surface area contributed by atoms with E-state index < -0.39 is 0 Å². The van der Waals surface area contributed by atoms with Gasteiger partial charge in [-0.15, -0.1) is 0 Å². The summed E-state index contributed by atoms with van der Waals surface area (Å²) in [5.74, 6) is 0.644. The number of nitro benzene ring substituents is 1. The van der Waals surface area contributed by atoms with Crippen molar-refractivity contribution in [3.63, 3.8) is 0 Å². The first-order valence-electron chi connectivity index (χ1n) is 7.13. The number of ether oxygens (including phenoxy) is 1. The van der Waals surface area contributed by atoms with Crippen molar-refractivity contribution < 1.29 is 9.66 Å². The van der Waals surface area contributed by atoms with E-state index in [0.717, 1.165) is 38.2 Å². The Hall–Kier alpha value is -1.46. The van der Waals surface area contributed by atoms with Crippen molar-refractivity contribution in [3.8, 4) is 0 Å². The summed E-state index contributed by atoms with van der Waals surface area (Å²) >= 11 is 0. The molecule has 5 nitrogen and oxygen atoms in total. The van der Waals surface area contributed by atoms with E-state index in [1.54, 1.807) is 19.2 Å². The van der Waals surface area contributed by atoms with Gasteiger partial charge in [-0.2, -0.15) is 0 Å². The number of piperidine rings is 1. The van der Waals surface area contributed by atoms with Gasteiger partial charge in [0, 0.05) is 32.3 Å². The molecule has 0 N–H and O–H groups in total. The third-order valence-corrected chi connectivity index (χ3v) is 3.87. The number of benzene rings is 1. The van der Waals surface area contributed by atoms with Crippen molar-refractivity contribution >= 4 is 5.69 Å². The Morgan fingerprint density at radius 1 is 1.40 bits per heavy atom. The Labute approximate surface area is 119 Å². The smallest absolute Gasteiger partial charge is 0.269 e. The van der Waals surface area contributed by atoms with Gasteiger partial charge in [0.05, 0.1) is 11.5 Å². The maximum Gasteiger partial charge on any atom is 0.269 e. The van der Waals surface area contributed by atoms with Crippen LogP contribution < -0.4 is 0 Å². The standard InChI is InChI=1S/C15H22N2O3/c1-20-12-14-3-2-9-16(11-14)10-8-13-4-6-15(7-5-13)17(18)19/h4-7,14H,2-3,8-12H2,1H3. The van der Waals surface area contributed by atoms with Crippen molar-refractivity contribution in [3.05, 3.63) is 39.9 Å². The zero-order chi connectivity index (χ0) is 14.4. The second-order valence-corrected chi connectivity index (χ2v) is 5.44. The number of hydrogen-bond acceptors (Lipinski definition) is 4. The van der Waals surface area contributed by atoms with E-state index in [-0.39, 0.29) is 10.6 Å². The molecular formula is C15H22N2O3. The third kappa shape index (κ3) is 4.28. The van der Waals surface area contributed by atoms with Crippen molar-refractivity contribution in [2.45, 2.75) is 19.3 Å². The van der Waals surface area contributed by atoms with Gasteiger partial charge in [-0.1, -0.05) is 12.1 Å². The molecule has 1 fully saturated rings. The van der Waals surface area contributed by atoms with Crippen LogP contribution in [0.1, 0.15) is 18.4 Å². The number of methoxy groups -OCH3 is 1. The molecule has 5 heteroatoms. The van der Waals surface area contributed by atoms with Crippen LogP contribution in [0.15, 0.2) is 24.3 Å². The van der Waals surface area contributed by atoms with Crippen LogP contribution in [0.25, 0.3) is 0 Å². The van der Waals surface area contributed by atoms with E-state index in [4.69, 9.17) is 4.74 Å². The number of non-ortho nitro benzene ring substituents is 1. The molecule has 1 aliphatic rings. The minimum atomic E-state index is -0.357. The summed E-state index contributed by atoms with van der Waals surface area (Å²) < 4.78 is 5.24. The lowest BCUT2D eigenvalue weighted by Crippen LogP contribution is -2.38. The zero-order valence-corrected chi connectivity index (χ0v) is 12.0. The second kappa shape index (κ2) is 7.36. The summed E-state index contributed by atoms with van der Waals surface area (Å²) in [4.78, 5) is 12.7. The SMILES string of the molecule is COCC1CCCN(CCc2ccc([N+](=O)[O-])cc2)C1. The predicted octanol–water partition coefficient (Wildman–Crippen LogP) is 2.50. The number of hydrogen-bond donors (Lipinski definition) is 0. The maximum absolute atomic E-state index is 10.6. The molecule has 1 heterocycles. The normalized spacial score (nSPS) is 19.9. The highest BCUT2D eigenvalue weighted by atomic mass is 16.6. The summed E-state index contributed by atoms with van der Waals surface area (Å²) in [5, 5.41) is 10.6. The van der Waals surface area contributed by atoms with Crippen molar-refractivity contribution in [1.29, 1.82) is 0 Å². The molecule has 0 spiro atoms. The minimum absolute atomic E-state index is 0.159. The molecule has 0 saturated carbocycles. The Balaban J connectivity index is 1.80. The molecule has 1 atom stereocenters. The van der Waals surface area contributed by atoms with Crippen LogP contribution in [-0.2, 0) is 11.2 Å². The Bertz CT molecular complexity index is 431. The van der Waals surface area contributed by atoms with Gasteiger partial charge in [-0.25, -0.2) is 0 Å². The van der Waals surface area contributed by atoms with E-state index in [1.165, 1.54) is 12.8 Å². The van der Waals surface area contributed by atoms with E-state index in [9.17, 15) is 10.1 Å². The molecule has 0 aliphatic carbocycles. The average molecular weight is 278 g/mol. The molecule has 0 radical (unpaired) electrons. The van der Waals surface area contributed by atoms with Gasteiger partial charge in [-0.05, 0) is 37.3 Å². The van der Waals surface area contributed by atoms with Crippen molar-refractivity contribution in [2.24, 2.45) is 5.92 Å². The summed E-state index contributed by atoms with van der Waals surface area (Å²) in [6, 6.07) is 6.88. The Morgan fingerprint density at radius 2 is 2.15 bits per heavy atom. The molecule has 1 aromatic carbocycles. The van der Waals surface area contributed by atoms with Crippen LogP contribution in [0, 0.1) is 16.0 Å².